The quantitative estimate of drug-likeness (QED) is 0.690. The van der Waals surface area contributed by atoms with Gasteiger partial charge in [0.05, 0.1) is 11.5 Å². The van der Waals surface area contributed by atoms with Gasteiger partial charge in [0, 0.05) is 28.9 Å². The van der Waals surface area contributed by atoms with Crippen molar-refractivity contribution < 1.29 is 18.0 Å². The maximum absolute atomic E-state index is 12.2. The molecule has 0 saturated carbocycles. The first-order chi connectivity index (χ1) is 13.3. The topological polar surface area (TPSA) is 104 Å². The van der Waals surface area contributed by atoms with Crippen LogP contribution in [0.15, 0.2) is 48.5 Å². The van der Waals surface area contributed by atoms with Gasteiger partial charge in [-0.05, 0) is 42.3 Å². The molecule has 9 heteroatoms. The minimum absolute atomic E-state index is 0.0367. The molecule has 3 amide bonds. The van der Waals surface area contributed by atoms with Gasteiger partial charge in [0.15, 0.2) is 9.84 Å². The maximum Gasteiger partial charge on any atom is 0.319 e. The van der Waals surface area contributed by atoms with Crippen molar-refractivity contribution >= 4 is 39.1 Å². The summed E-state index contributed by atoms with van der Waals surface area (Å²) < 4.78 is 22.9. The molecule has 28 heavy (non-hydrogen) atoms. The summed E-state index contributed by atoms with van der Waals surface area (Å²) in [5.41, 5.74) is 1.77. The molecule has 1 fully saturated rings. The molecule has 1 heterocycles. The lowest BCUT2D eigenvalue weighted by Gasteiger charge is -2.12. The van der Waals surface area contributed by atoms with Crippen molar-refractivity contribution in [1.82, 2.24) is 10.6 Å². The fraction of sp³-hybridized carbons (Fsp3) is 0.263. The third kappa shape index (κ3) is 5.46. The van der Waals surface area contributed by atoms with Gasteiger partial charge in [-0.1, -0.05) is 29.8 Å². The van der Waals surface area contributed by atoms with Crippen molar-refractivity contribution in [2.24, 2.45) is 0 Å². The molecule has 0 unspecified atom stereocenters. The standard InChI is InChI=1S/C19H20ClN3O4S/c20-17-4-2-1-3-14(17)11-21-18(24)13-5-7-15(8-6-13)22-19(25)23-16-9-10-28(26,27)12-16/h1-8,16H,9-12H2,(H,21,24)(H2,22,23,25)/t16-/m1/s1. The number of hydrogen-bond donors (Lipinski definition) is 3. The molecule has 0 spiro atoms. The highest BCUT2D eigenvalue weighted by molar-refractivity contribution is 7.91. The number of carbonyl (C=O) groups excluding carboxylic acids is 2. The molecule has 0 aromatic heterocycles. The van der Waals surface area contributed by atoms with Gasteiger partial charge < -0.3 is 16.0 Å². The Hall–Kier alpha value is -2.58. The normalized spacial score (nSPS) is 17.7. The fourth-order valence-electron chi connectivity index (χ4n) is 2.89. The average Bonchev–Trinajstić information content (AvgIpc) is 2.99. The molecule has 0 bridgehead atoms. The number of halogens is 1. The van der Waals surface area contributed by atoms with E-state index in [1.54, 1.807) is 30.3 Å². The van der Waals surface area contributed by atoms with E-state index >= 15 is 0 Å². The summed E-state index contributed by atoms with van der Waals surface area (Å²) >= 11 is 6.07. The third-order valence-electron chi connectivity index (χ3n) is 4.37. The molecule has 3 N–H and O–H groups in total. The van der Waals surface area contributed by atoms with E-state index in [1.165, 1.54) is 0 Å². The Bertz CT molecular complexity index is 977. The summed E-state index contributed by atoms with van der Waals surface area (Å²) in [6.45, 7) is 0.311. The third-order valence-corrected chi connectivity index (χ3v) is 6.51. The first-order valence-corrected chi connectivity index (χ1v) is 10.9. The molecule has 1 aliphatic rings. The second kappa shape index (κ2) is 8.62. The van der Waals surface area contributed by atoms with Crippen molar-refractivity contribution in [3.63, 3.8) is 0 Å². The van der Waals surface area contributed by atoms with E-state index in [9.17, 15) is 18.0 Å². The Morgan fingerprint density at radius 3 is 2.43 bits per heavy atom. The maximum atomic E-state index is 12.2. The zero-order valence-electron chi connectivity index (χ0n) is 14.9. The van der Waals surface area contributed by atoms with Crippen LogP contribution < -0.4 is 16.0 Å². The summed E-state index contributed by atoms with van der Waals surface area (Å²) in [7, 11) is -3.05. The smallest absolute Gasteiger partial charge is 0.319 e. The van der Waals surface area contributed by atoms with Gasteiger partial charge in [-0.15, -0.1) is 0 Å². The zero-order valence-corrected chi connectivity index (χ0v) is 16.5. The van der Waals surface area contributed by atoms with Crippen molar-refractivity contribution in [2.75, 3.05) is 16.8 Å². The van der Waals surface area contributed by atoms with Crippen LogP contribution in [0.2, 0.25) is 5.02 Å². The lowest BCUT2D eigenvalue weighted by Crippen LogP contribution is -2.38. The first-order valence-electron chi connectivity index (χ1n) is 8.72. The van der Waals surface area contributed by atoms with Crippen LogP contribution in [-0.2, 0) is 16.4 Å². The van der Waals surface area contributed by atoms with Gasteiger partial charge in [0.25, 0.3) is 5.91 Å². The summed E-state index contributed by atoms with van der Waals surface area (Å²) in [5, 5.41) is 8.66. The predicted molar refractivity (Wildman–Crippen MR) is 108 cm³/mol. The van der Waals surface area contributed by atoms with Crippen LogP contribution in [0, 0.1) is 0 Å². The summed E-state index contributed by atoms with van der Waals surface area (Å²) in [5.74, 6) is -0.201. The van der Waals surface area contributed by atoms with E-state index in [-0.39, 0.29) is 23.5 Å². The summed E-state index contributed by atoms with van der Waals surface area (Å²) in [6.07, 6.45) is 0.417. The monoisotopic (exact) mass is 421 g/mol. The van der Waals surface area contributed by atoms with E-state index in [1.807, 2.05) is 18.2 Å². The van der Waals surface area contributed by atoms with Crippen molar-refractivity contribution in [1.29, 1.82) is 0 Å². The van der Waals surface area contributed by atoms with Crippen molar-refractivity contribution in [2.45, 2.75) is 19.0 Å². The predicted octanol–water partition coefficient (Wildman–Crippen LogP) is 2.58. The number of urea groups is 1. The number of sulfone groups is 1. The number of hydrogen-bond acceptors (Lipinski definition) is 4. The summed E-state index contributed by atoms with van der Waals surface area (Å²) in [4.78, 5) is 24.2. The number of benzene rings is 2. The van der Waals surface area contributed by atoms with Crippen LogP contribution in [0.4, 0.5) is 10.5 Å². The van der Waals surface area contributed by atoms with E-state index in [0.29, 0.717) is 29.2 Å². The number of carbonyl (C=O) groups is 2. The Labute approximate surface area is 168 Å². The van der Waals surface area contributed by atoms with E-state index in [2.05, 4.69) is 16.0 Å². The Balaban J connectivity index is 1.51. The number of amides is 3. The van der Waals surface area contributed by atoms with Crippen LogP contribution in [-0.4, -0.2) is 37.9 Å². The zero-order chi connectivity index (χ0) is 20.1. The second-order valence-corrected chi connectivity index (χ2v) is 9.19. The highest BCUT2D eigenvalue weighted by Crippen LogP contribution is 2.15. The number of nitrogens with one attached hydrogen (secondary N) is 3. The lowest BCUT2D eigenvalue weighted by atomic mass is 10.1. The first kappa shape index (κ1) is 20.2. The molecule has 1 saturated heterocycles. The number of anilines is 1. The number of rotatable bonds is 5. The molecule has 1 atom stereocenters. The molecular formula is C19H20ClN3O4S. The van der Waals surface area contributed by atoms with Crippen molar-refractivity contribution in [3.05, 3.63) is 64.7 Å². The van der Waals surface area contributed by atoms with Gasteiger partial charge >= 0.3 is 6.03 Å². The molecule has 2 aromatic rings. The minimum Gasteiger partial charge on any atom is -0.348 e. The largest absolute Gasteiger partial charge is 0.348 e. The lowest BCUT2D eigenvalue weighted by molar-refractivity contribution is 0.0951. The van der Waals surface area contributed by atoms with Gasteiger partial charge in [0.1, 0.15) is 0 Å². The second-order valence-electron chi connectivity index (χ2n) is 6.55. The summed E-state index contributed by atoms with van der Waals surface area (Å²) in [6, 6.07) is 12.8. The molecule has 0 aliphatic carbocycles. The van der Waals surface area contributed by atoms with Crippen LogP contribution >= 0.6 is 11.6 Å². The van der Waals surface area contributed by atoms with Gasteiger partial charge in [-0.3, -0.25) is 4.79 Å². The molecule has 3 rings (SSSR count). The van der Waals surface area contributed by atoms with Gasteiger partial charge in [-0.2, -0.15) is 0 Å². The SMILES string of the molecule is O=C(Nc1ccc(C(=O)NCc2ccccc2Cl)cc1)N[C@@H]1CCS(=O)(=O)C1. The Morgan fingerprint density at radius 1 is 1.07 bits per heavy atom. The Morgan fingerprint density at radius 2 is 1.79 bits per heavy atom. The van der Waals surface area contributed by atoms with Crippen LogP contribution in [0.5, 0.6) is 0 Å². The molecule has 0 radical (unpaired) electrons. The Kier molecular flexibility index (Phi) is 6.21. The van der Waals surface area contributed by atoms with Crippen LogP contribution in [0.1, 0.15) is 22.3 Å². The molecule has 148 valence electrons. The average molecular weight is 422 g/mol. The van der Waals surface area contributed by atoms with Crippen LogP contribution in [0.3, 0.4) is 0 Å². The van der Waals surface area contributed by atoms with Crippen LogP contribution in [0.25, 0.3) is 0 Å². The molecule has 1 aliphatic heterocycles. The van der Waals surface area contributed by atoms with Crippen molar-refractivity contribution in [3.8, 4) is 0 Å². The molecule has 7 nitrogen and oxygen atoms in total. The fourth-order valence-corrected chi connectivity index (χ4v) is 4.76. The van der Waals surface area contributed by atoms with Gasteiger partial charge in [0.2, 0.25) is 0 Å². The van der Waals surface area contributed by atoms with Gasteiger partial charge in [-0.25, -0.2) is 13.2 Å². The highest BCUT2D eigenvalue weighted by Gasteiger charge is 2.28. The van der Waals surface area contributed by atoms with E-state index in [0.717, 1.165) is 5.56 Å². The molecular weight excluding hydrogens is 402 g/mol. The molecule has 2 aromatic carbocycles. The van der Waals surface area contributed by atoms with E-state index < -0.39 is 15.9 Å². The van der Waals surface area contributed by atoms with E-state index in [4.69, 9.17) is 11.6 Å². The minimum atomic E-state index is -3.05. The highest BCUT2D eigenvalue weighted by atomic mass is 35.5.